The molecule has 0 spiro atoms. The van der Waals surface area contributed by atoms with Gasteiger partial charge in [-0.2, -0.15) is 18.4 Å². The van der Waals surface area contributed by atoms with Crippen LogP contribution in [0.4, 0.5) is 13.2 Å². The van der Waals surface area contributed by atoms with Crippen molar-refractivity contribution in [2.24, 2.45) is 0 Å². The van der Waals surface area contributed by atoms with Crippen molar-refractivity contribution in [1.82, 2.24) is 15.0 Å². The van der Waals surface area contributed by atoms with Gasteiger partial charge in [-0.05, 0) is 29.6 Å². The first-order valence-electron chi connectivity index (χ1n) is 9.44. The van der Waals surface area contributed by atoms with Crippen LogP contribution in [-0.2, 0) is 11.9 Å². The van der Waals surface area contributed by atoms with E-state index >= 15 is 0 Å². The lowest BCUT2D eigenvalue weighted by Crippen LogP contribution is -2.11. The van der Waals surface area contributed by atoms with E-state index in [0.717, 1.165) is 17.8 Å². The van der Waals surface area contributed by atoms with Crippen LogP contribution in [0.25, 0.3) is 32.6 Å². The van der Waals surface area contributed by atoms with E-state index in [1.165, 1.54) is 11.3 Å². The zero-order valence-corrected chi connectivity index (χ0v) is 18.1. The third-order valence-electron chi connectivity index (χ3n) is 4.80. The number of aromatic nitrogens is 3. The molecule has 0 aliphatic rings. The minimum atomic E-state index is -4.73. The number of nitrogens with one attached hydrogen (secondary N) is 1. The van der Waals surface area contributed by atoms with E-state index in [0.29, 0.717) is 21.4 Å². The number of nitriles is 1. The van der Waals surface area contributed by atoms with Gasteiger partial charge in [-0.1, -0.05) is 30.0 Å². The fraction of sp³-hybridized carbons (Fsp3) is 0.0909. The Morgan fingerprint density at radius 3 is 2.73 bits per heavy atom. The van der Waals surface area contributed by atoms with E-state index in [4.69, 9.17) is 4.42 Å². The summed E-state index contributed by atoms with van der Waals surface area (Å²) in [6.07, 6.45) is -4.73. The molecular formula is C22H11F3N4O2S2. The lowest BCUT2D eigenvalue weighted by atomic mass is 10.1. The van der Waals surface area contributed by atoms with Crippen LogP contribution in [0.1, 0.15) is 17.0 Å². The van der Waals surface area contributed by atoms with Gasteiger partial charge < -0.3 is 9.40 Å². The summed E-state index contributed by atoms with van der Waals surface area (Å²) in [7, 11) is 0. The summed E-state index contributed by atoms with van der Waals surface area (Å²) < 4.78 is 46.6. The largest absolute Gasteiger partial charge is 0.449 e. The standard InChI is InChI=1S/C22H11F3N4O2S2/c23-22(24,25)13-8-14(16-6-3-7-32-16)27-21(12(13)9-26)33-10-17-28-18-11-4-1-2-5-15(11)31-19(18)20(30)29-17/h1-8H,10H2,(H,28,29,30). The second kappa shape index (κ2) is 8.06. The number of hydrogen-bond acceptors (Lipinski definition) is 7. The summed E-state index contributed by atoms with van der Waals surface area (Å²) in [5.74, 6) is 0.224. The molecule has 4 aromatic heterocycles. The SMILES string of the molecule is N#Cc1c(C(F)(F)F)cc(-c2cccs2)nc1SCc1nc2c(oc3ccccc32)c(=O)[nH]1. The van der Waals surface area contributed by atoms with Crippen LogP contribution in [0.3, 0.4) is 0 Å². The molecule has 0 radical (unpaired) electrons. The molecular weight excluding hydrogens is 473 g/mol. The number of thiophene rings is 1. The van der Waals surface area contributed by atoms with E-state index in [9.17, 15) is 23.2 Å². The number of nitrogens with zero attached hydrogens (tertiary/aromatic N) is 3. The molecule has 0 fully saturated rings. The van der Waals surface area contributed by atoms with Gasteiger partial charge in [-0.15, -0.1) is 11.3 Å². The van der Waals surface area contributed by atoms with Crippen LogP contribution >= 0.6 is 23.1 Å². The van der Waals surface area contributed by atoms with Crippen molar-refractivity contribution in [2.45, 2.75) is 17.0 Å². The summed E-state index contributed by atoms with van der Waals surface area (Å²) in [6.45, 7) is 0. The Morgan fingerprint density at radius 1 is 1.18 bits per heavy atom. The number of aromatic amines is 1. The summed E-state index contributed by atoms with van der Waals surface area (Å²) in [4.78, 5) is 24.4. The summed E-state index contributed by atoms with van der Waals surface area (Å²) in [5, 5.41) is 11.8. The Hall–Kier alpha value is -3.62. The average Bonchev–Trinajstić information content (AvgIpc) is 3.45. The molecule has 0 atom stereocenters. The highest BCUT2D eigenvalue weighted by molar-refractivity contribution is 7.98. The molecule has 0 aliphatic heterocycles. The van der Waals surface area contributed by atoms with Gasteiger partial charge in [0.05, 0.1) is 27.5 Å². The molecule has 0 saturated heterocycles. The molecule has 33 heavy (non-hydrogen) atoms. The normalized spacial score (nSPS) is 11.8. The molecule has 6 nitrogen and oxygen atoms in total. The van der Waals surface area contributed by atoms with E-state index in [1.54, 1.807) is 47.8 Å². The number of fused-ring (bicyclic) bond motifs is 3. The quantitative estimate of drug-likeness (QED) is 0.316. The maximum atomic E-state index is 13.7. The number of para-hydroxylation sites is 1. The summed E-state index contributed by atoms with van der Waals surface area (Å²) in [6, 6.07) is 12.9. The number of H-pyrrole nitrogens is 1. The number of alkyl halides is 3. The van der Waals surface area contributed by atoms with Gasteiger partial charge in [0.15, 0.2) is 0 Å². The van der Waals surface area contributed by atoms with Gasteiger partial charge in [0.25, 0.3) is 5.56 Å². The highest BCUT2D eigenvalue weighted by Gasteiger charge is 2.36. The smallest absolute Gasteiger partial charge is 0.417 e. The fourth-order valence-corrected chi connectivity index (χ4v) is 4.92. The maximum absolute atomic E-state index is 13.7. The number of benzene rings is 1. The van der Waals surface area contributed by atoms with Crippen LogP contribution < -0.4 is 5.56 Å². The van der Waals surface area contributed by atoms with Gasteiger partial charge in [-0.3, -0.25) is 4.79 Å². The Morgan fingerprint density at radius 2 is 2.00 bits per heavy atom. The molecule has 0 unspecified atom stereocenters. The minimum Gasteiger partial charge on any atom is -0.449 e. The first-order chi connectivity index (χ1) is 15.8. The van der Waals surface area contributed by atoms with Crippen LogP contribution in [0, 0.1) is 11.3 Å². The van der Waals surface area contributed by atoms with Crippen LogP contribution in [0.15, 0.2) is 62.1 Å². The Kier molecular flexibility index (Phi) is 5.19. The molecule has 11 heteroatoms. The van der Waals surface area contributed by atoms with Gasteiger partial charge in [0.2, 0.25) is 5.58 Å². The predicted molar refractivity (Wildman–Crippen MR) is 119 cm³/mol. The maximum Gasteiger partial charge on any atom is 0.417 e. The molecule has 0 saturated carbocycles. The highest BCUT2D eigenvalue weighted by Crippen LogP contribution is 2.39. The number of rotatable bonds is 4. The van der Waals surface area contributed by atoms with Gasteiger partial charge in [0, 0.05) is 5.39 Å². The second-order valence-electron chi connectivity index (χ2n) is 6.90. The first-order valence-corrected chi connectivity index (χ1v) is 11.3. The van der Waals surface area contributed by atoms with Gasteiger partial charge in [0.1, 0.15) is 28.0 Å². The lowest BCUT2D eigenvalue weighted by molar-refractivity contribution is -0.138. The van der Waals surface area contributed by atoms with Gasteiger partial charge in [-0.25, -0.2) is 9.97 Å². The second-order valence-corrected chi connectivity index (χ2v) is 8.81. The lowest BCUT2D eigenvalue weighted by Gasteiger charge is -2.13. The molecule has 0 bridgehead atoms. The zero-order valence-electron chi connectivity index (χ0n) is 16.4. The molecule has 5 aromatic rings. The van der Waals surface area contributed by atoms with Crippen LogP contribution in [0.5, 0.6) is 0 Å². The van der Waals surface area contributed by atoms with Crippen molar-refractivity contribution in [3.63, 3.8) is 0 Å². The van der Waals surface area contributed by atoms with Gasteiger partial charge >= 0.3 is 6.18 Å². The Balaban J connectivity index is 1.57. The third-order valence-corrected chi connectivity index (χ3v) is 6.68. The van der Waals surface area contributed by atoms with Crippen molar-refractivity contribution >= 4 is 45.2 Å². The number of hydrogen-bond donors (Lipinski definition) is 1. The third kappa shape index (κ3) is 3.88. The molecule has 164 valence electrons. The Bertz CT molecular complexity index is 1600. The fourth-order valence-electron chi connectivity index (χ4n) is 3.36. The number of thioether (sulfide) groups is 1. The van der Waals surface area contributed by atoms with E-state index in [2.05, 4.69) is 15.0 Å². The molecule has 0 amide bonds. The number of pyridine rings is 1. The molecule has 1 aromatic carbocycles. The summed E-state index contributed by atoms with van der Waals surface area (Å²) in [5.41, 5.74) is -1.06. The van der Waals surface area contributed by atoms with Crippen molar-refractivity contribution < 1.29 is 17.6 Å². The van der Waals surface area contributed by atoms with Crippen molar-refractivity contribution in [3.8, 4) is 16.6 Å². The Labute approximate surface area is 191 Å². The minimum absolute atomic E-state index is 0.00242. The molecule has 0 aliphatic carbocycles. The van der Waals surface area contributed by atoms with E-state index in [-0.39, 0.29) is 27.9 Å². The predicted octanol–water partition coefficient (Wildman–Crippen LogP) is 5.98. The topological polar surface area (TPSA) is 95.6 Å². The van der Waals surface area contributed by atoms with E-state index in [1.807, 2.05) is 0 Å². The number of furan rings is 1. The van der Waals surface area contributed by atoms with Crippen LogP contribution in [0.2, 0.25) is 0 Å². The zero-order chi connectivity index (χ0) is 23.2. The first kappa shape index (κ1) is 21.2. The highest BCUT2D eigenvalue weighted by atomic mass is 32.2. The number of halogens is 3. The van der Waals surface area contributed by atoms with Crippen molar-refractivity contribution in [2.75, 3.05) is 0 Å². The molecule has 1 N–H and O–H groups in total. The monoisotopic (exact) mass is 484 g/mol. The summed E-state index contributed by atoms with van der Waals surface area (Å²) >= 11 is 2.14. The van der Waals surface area contributed by atoms with Crippen molar-refractivity contribution in [3.05, 3.63) is 75.1 Å². The van der Waals surface area contributed by atoms with Crippen molar-refractivity contribution in [1.29, 1.82) is 5.26 Å². The molecule has 5 rings (SSSR count). The average molecular weight is 484 g/mol. The van der Waals surface area contributed by atoms with Crippen LogP contribution in [-0.4, -0.2) is 15.0 Å². The van der Waals surface area contributed by atoms with E-state index < -0.39 is 22.9 Å². The molecule has 4 heterocycles.